The van der Waals surface area contributed by atoms with Crippen LogP contribution in [0.5, 0.6) is 5.75 Å². The van der Waals surface area contributed by atoms with Gasteiger partial charge in [-0.05, 0) is 42.8 Å². The second-order valence-electron chi connectivity index (χ2n) is 4.80. The summed E-state index contributed by atoms with van der Waals surface area (Å²) < 4.78 is 5.22. The number of carbonyl (C=O) groups is 1. The molecule has 0 atom stereocenters. The van der Waals surface area contributed by atoms with Gasteiger partial charge in [-0.25, -0.2) is 0 Å². The molecule has 5 heteroatoms. The van der Waals surface area contributed by atoms with E-state index >= 15 is 0 Å². The molecule has 22 heavy (non-hydrogen) atoms. The first-order chi connectivity index (χ1) is 10.6. The molecule has 2 aromatic carbocycles. The summed E-state index contributed by atoms with van der Waals surface area (Å²) in [5.41, 5.74) is 2.95. The Bertz CT molecular complexity index is 720. The summed E-state index contributed by atoms with van der Waals surface area (Å²) in [5.74, 6) is 0.427. The lowest BCUT2D eigenvalue weighted by atomic mass is 10.2. The summed E-state index contributed by atoms with van der Waals surface area (Å²) in [4.78, 5) is 12.0. The third-order valence-electron chi connectivity index (χ3n) is 3.07. The average molecular weight is 295 g/mol. The van der Waals surface area contributed by atoms with Gasteiger partial charge in [0.1, 0.15) is 5.75 Å². The second-order valence-corrected chi connectivity index (χ2v) is 4.80. The highest BCUT2D eigenvalue weighted by Gasteiger charge is 2.07. The van der Waals surface area contributed by atoms with Gasteiger partial charge in [0, 0.05) is 5.69 Å². The number of anilines is 2. The molecule has 0 aliphatic rings. The molecule has 0 bridgehead atoms. The largest absolute Gasteiger partial charge is 0.495 e. The van der Waals surface area contributed by atoms with Gasteiger partial charge in [0.15, 0.2) is 0 Å². The topological polar surface area (TPSA) is 74.2 Å². The van der Waals surface area contributed by atoms with Crippen LogP contribution in [0.1, 0.15) is 11.1 Å². The monoisotopic (exact) mass is 295 g/mol. The second kappa shape index (κ2) is 7.14. The van der Waals surface area contributed by atoms with Crippen LogP contribution in [0.25, 0.3) is 0 Å². The molecule has 0 saturated heterocycles. The van der Waals surface area contributed by atoms with Gasteiger partial charge in [-0.3, -0.25) is 4.79 Å². The molecule has 2 rings (SSSR count). The van der Waals surface area contributed by atoms with Gasteiger partial charge in [-0.1, -0.05) is 12.1 Å². The summed E-state index contributed by atoms with van der Waals surface area (Å²) in [5, 5.41) is 14.6. The van der Waals surface area contributed by atoms with E-state index in [1.807, 2.05) is 25.1 Å². The maximum atomic E-state index is 12.0. The predicted octanol–water partition coefficient (Wildman–Crippen LogP) is 2.93. The Balaban J connectivity index is 1.99. The Labute approximate surface area is 129 Å². The van der Waals surface area contributed by atoms with Crippen molar-refractivity contribution < 1.29 is 9.53 Å². The quantitative estimate of drug-likeness (QED) is 0.889. The minimum atomic E-state index is -0.189. The Morgan fingerprint density at radius 3 is 2.82 bits per heavy atom. The molecule has 0 aromatic heterocycles. The number of amides is 1. The van der Waals surface area contributed by atoms with Gasteiger partial charge in [-0.2, -0.15) is 5.26 Å². The lowest BCUT2D eigenvalue weighted by molar-refractivity contribution is -0.114. The standard InChI is InChI=1S/C17H17N3O2/c1-12-6-7-16(22-2)15(8-12)20-17(21)11-19-14-5-3-4-13(9-14)10-18/h3-9,19H,11H2,1-2H3,(H,20,21). The molecule has 2 N–H and O–H groups in total. The van der Waals surface area contributed by atoms with Crippen LogP contribution in [0.4, 0.5) is 11.4 Å². The van der Waals surface area contributed by atoms with E-state index < -0.39 is 0 Å². The highest BCUT2D eigenvalue weighted by molar-refractivity contribution is 5.95. The molecule has 0 unspecified atom stereocenters. The fraction of sp³-hybridized carbons (Fsp3) is 0.176. The molecule has 1 amide bonds. The first-order valence-corrected chi connectivity index (χ1v) is 6.81. The zero-order chi connectivity index (χ0) is 15.9. The molecule has 5 nitrogen and oxygen atoms in total. The number of aryl methyl sites for hydroxylation is 1. The maximum absolute atomic E-state index is 12.0. The number of nitrogens with one attached hydrogen (secondary N) is 2. The number of benzene rings is 2. The van der Waals surface area contributed by atoms with Gasteiger partial charge in [0.25, 0.3) is 0 Å². The van der Waals surface area contributed by atoms with Crippen molar-refractivity contribution in [2.24, 2.45) is 0 Å². The highest BCUT2D eigenvalue weighted by Crippen LogP contribution is 2.25. The van der Waals surface area contributed by atoms with Crippen molar-refractivity contribution in [2.45, 2.75) is 6.92 Å². The summed E-state index contributed by atoms with van der Waals surface area (Å²) in [6, 6.07) is 14.6. The molecule has 0 aliphatic heterocycles. The number of nitrogens with zero attached hydrogens (tertiary/aromatic N) is 1. The Hall–Kier alpha value is -3.00. The third-order valence-corrected chi connectivity index (χ3v) is 3.07. The molecule has 0 fully saturated rings. The summed E-state index contributed by atoms with van der Waals surface area (Å²) in [6.45, 7) is 2.05. The van der Waals surface area contributed by atoms with Crippen LogP contribution in [0.3, 0.4) is 0 Å². The molecular weight excluding hydrogens is 278 g/mol. The number of methoxy groups -OCH3 is 1. The van der Waals surface area contributed by atoms with Crippen LogP contribution in [-0.4, -0.2) is 19.6 Å². The summed E-state index contributed by atoms with van der Waals surface area (Å²) in [7, 11) is 1.56. The van der Waals surface area contributed by atoms with Crippen LogP contribution in [0.15, 0.2) is 42.5 Å². The molecule has 0 aliphatic carbocycles. The van der Waals surface area contributed by atoms with Gasteiger partial charge in [-0.15, -0.1) is 0 Å². The van der Waals surface area contributed by atoms with Crippen molar-refractivity contribution in [1.82, 2.24) is 0 Å². The molecule has 0 saturated carbocycles. The first-order valence-electron chi connectivity index (χ1n) is 6.81. The number of ether oxygens (including phenoxy) is 1. The number of carbonyl (C=O) groups excluding carboxylic acids is 1. The van der Waals surface area contributed by atoms with Crippen molar-refractivity contribution in [3.05, 3.63) is 53.6 Å². The van der Waals surface area contributed by atoms with Crippen LogP contribution >= 0.6 is 0 Å². The smallest absolute Gasteiger partial charge is 0.243 e. The lowest BCUT2D eigenvalue weighted by Crippen LogP contribution is -2.22. The normalized spacial score (nSPS) is 9.68. The molecule has 112 valence electrons. The van der Waals surface area contributed by atoms with Crippen molar-refractivity contribution in [2.75, 3.05) is 24.3 Å². The zero-order valence-electron chi connectivity index (χ0n) is 12.5. The van der Waals surface area contributed by atoms with Gasteiger partial charge in [0.2, 0.25) is 5.91 Å². The maximum Gasteiger partial charge on any atom is 0.243 e. The van der Waals surface area contributed by atoms with Gasteiger partial charge < -0.3 is 15.4 Å². The van der Waals surface area contributed by atoms with Crippen LogP contribution < -0.4 is 15.4 Å². The van der Waals surface area contributed by atoms with Gasteiger partial charge >= 0.3 is 0 Å². The molecule has 0 spiro atoms. The highest BCUT2D eigenvalue weighted by atomic mass is 16.5. The van der Waals surface area contributed by atoms with Crippen LogP contribution in [0, 0.1) is 18.3 Å². The number of nitriles is 1. The van der Waals surface area contributed by atoms with E-state index in [1.54, 1.807) is 31.4 Å². The van der Waals surface area contributed by atoms with E-state index in [9.17, 15) is 4.79 Å². The molecular formula is C17H17N3O2. The minimum Gasteiger partial charge on any atom is -0.495 e. The fourth-order valence-electron chi connectivity index (χ4n) is 1.99. The van der Waals surface area contributed by atoms with E-state index in [0.29, 0.717) is 17.0 Å². The SMILES string of the molecule is COc1ccc(C)cc1NC(=O)CNc1cccc(C#N)c1. The fourth-order valence-corrected chi connectivity index (χ4v) is 1.99. The number of hydrogen-bond donors (Lipinski definition) is 2. The van der Waals surface area contributed by atoms with E-state index in [-0.39, 0.29) is 12.5 Å². The lowest BCUT2D eigenvalue weighted by Gasteiger charge is -2.12. The molecule has 0 heterocycles. The summed E-state index contributed by atoms with van der Waals surface area (Å²) >= 11 is 0. The molecule has 2 aromatic rings. The Kier molecular flexibility index (Phi) is 4.99. The zero-order valence-corrected chi connectivity index (χ0v) is 12.5. The Morgan fingerprint density at radius 1 is 1.27 bits per heavy atom. The average Bonchev–Trinajstić information content (AvgIpc) is 2.53. The van der Waals surface area contributed by atoms with Crippen molar-refractivity contribution in [3.8, 4) is 11.8 Å². The van der Waals surface area contributed by atoms with Crippen LogP contribution in [-0.2, 0) is 4.79 Å². The van der Waals surface area contributed by atoms with Gasteiger partial charge in [0.05, 0.1) is 31.0 Å². The number of rotatable bonds is 5. The van der Waals surface area contributed by atoms with Crippen molar-refractivity contribution >= 4 is 17.3 Å². The van der Waals surface area contributed by atoms with E-state index in [4.69, 9.17) is 10.00 Å². The van der Waals surface area contributed by atoms with Crippen molar-refractivity contribution in [3.63, 3.8) is 0 Å². The minimum absolute atomic E-state index is 0.103. The van der Waals surface area contributed by atoms with E-state index in [0.717, 1.165) is 11.3 Å². The molecule has 0 radical (unpaired) electrons. The van der Waals surface area contributed by atoms with Crippen molar-refractivity contribution in [1.29, 1.82) is 5.26 Å². The van der Waals surface area contributed by atoms with E-state index in [1.165, 1.54) is 0 Å². The Morgan fingerprint density at radius 2 is 2.09 bits per heavy atom. The number of hydrogen-bond acceptors (Lipinski definition) is 4. The predicted molar refractivity (Wildman–Crippen MR) is 86.0 cm³/mol. The first kappa shape index (κ1) is 15.4. The summed E-state index contributed by atoms with van der Waals surface area (Å²) in [6.07, 6.45) is 0. The van der Waals surface area contributed by atoms with E-state index in [2.05, 4.69) is 16.7 Å². The third kappa shape index (κ3) is 4.00. The van der Waals surface area contributed by atoms with Crippen LogP contribution in [0.2, 0.25) is 0 Å².